The number of carbonyl (C=O) groups excluding carboxylic acids is 1. The molecule has 0 aromatic heterocycles. The molecule has 3 N–H and O–H groups in total. The molecule has 0 fully saturated rings. The molecule has 148 valence electrons. The molecule has 6 heteroatoms. The van der Waals surface area contributed by atoms with E-state index in [1.807, 2.05) is 45.0 Å². The van der Waals surface area contributed by atoms with Crippen molar-refractivity contribution in [2.24, 2.45) is 11.7 Å². The Kier molecular flexibility index (Phi) is 8.37. The smallest absolute Gasteiger partial charge is 0.410 e. The first kappa shape index (κ1) is 22.3. The van der Waals surface area contributed by atoms with E-state index in [0.29, 0.717) is 24.6 Å². The highest BCUT2D eigenvalue weighted by molar-refractivity contribution is 5.68. The summed E-state index contributed by atoms with van der Waals surface area (Å²) in [7, 11) is 1.60. The summed E-state index contributed by atoms with van der Waals surface area (Å²) in [4.78, 5) is 14.1. The molecule has 0 aliphatic carbocycles. The molecular formula is C20H34N2O4. The van der Waals surface area contributed by atoms with Crippen LogP contribution in [0.4, 0.5) is 4.79 Å². The summed E-state index contributed by atoms with van der Waals surface area (Å²) in [6, 6.07) is 7.07. The molecule has 0 radical (unpaired) electrons. The summed E-state index contributed by atoms with van der Waals surface area (Å²) in [5.41, 5.74) is 6.36. The highest BCUT2D eigenvalue weighted by atomic mass is 16.6. The second-order valence-electron chi connectivity index (χ2n) is 8.07. The number of aliphatic hydroxyl groups is 1. The quantitative estimate of drug-likeness (QED) is 0.738. The molecule has 0 heterocycles. The van der Waals surface area contributed by atoms with E-state index in [0.717, 1.165) is 5.56 Å². The first-order valence-corrected chi connectivity index (χ1v) is 9.06. The van der Waals surface area contributed by atoms with Crippen molar-refractivity contribution in [3.63, 3.8) is 0 Å². The van der Waals surface area contributed by atoms with Crippen molar-refractivity contribution in [1.82, 2.24) is 4.90 Å². The monoisotopic (exact) mass is 366 g/mol. The zero-order chi connectivity index (χ0) is 19.9. The molecule has 6 nitrogen and oxygen atoms in total. The van der Waals surface area contributed by atoms with Gasteiger partial charge in [0.15, 0.2) is 0 Å². The number of carbonyl (C=O) groups is 1. The molecule has 0 spiro atoms. The van der Waals surface area contributed by atoms with Crippen LogP contribution in [-0.2, 0) is 11.3 Å². The van der Waals surface area contributed by atoms with Gasteiger partial charge < -0.3 is 25.2 Å². The SMILES string of the molecule is COc1cccc(CN(CC(O)[C@@H](N)CC(C)C)C(=O)OC(C)(C)C)c1. The van der Waals surface area contributed by atoms with Crippen LogP contribution in [0.15, 0.2) is 24.3 Å². The van der Waals surface area contributed by atoms with Crippen LogP contribution in [0.5, 0.6) is 5.75 Å². The molecule has 0 saturated carbocycles. The maximum Gasteiger partial charge on any atom is 0.410 e. The van der Waals surface area contributed by atoms with E-state index in [1.54, 1.807) is 7.11 Å². The highest BCUT2D eigenvalue weighted by Crippen LogP contribution is 2.18. The lowest BCUT2D eigenvalue weighted by Gasteiger charge is -2.31. The van der Waals surface area contributed by atoms with Gasteiger partial charge in [0, 0.05) is 12.6 Å². The Morgan fingerprint density at radius 3 is 2.50 bits per heavy atom. The number of rotatable bonds is 8. The fourth-order valence-corrected chi connectivity index (χ4v) is 2.58. The van der Waals surface area contributed by atoms with Crippen LogP contribution in [0.3, 0.4) is 0 Å². The number of amides is 1. The van der Waals surface area contributed by atoms with E-state index in [9.17, 15) is 9.90 Å². The van der Waals surface area contributed by atoms with E-state index < -0.39 is 23.8 Å². The van der Waals surface area contributed by atoms with Crippen molar-refractivity contribution < 1.29 is 19.4 Å². The van der Waals surface area contributed by atoms with Gasteiger partial charge in [0.25, 0.3) is 0 Å². The Hall–Kier alpha value is -1.79. The molecule has 1 rings (SSSR count). The minimum atomic E-state index is -0.824. The number of methoxy groups -OCH3 is 1. The number of benzene rings is 1. The van der Waals surface area contributed by atoms with Crippen LogP contribution in [0.25, 0.3) is 0 Å². The fourth-order valence-electron chi connectivity index (χ4n) is 2.58. The number of nitrogens with zero attached hydrogens (tertiary/aromatic N) is 1. The fraction of sp³-hybridized carbons (Fsp3) is 0.650. The van der Waals surface area contributed by atoms with Gasteiger partial charge in [-0.3, -0.25) is 0 Å². The molecule has 0 aliphatic heterocycles. The third kappa shape index (κ3) is 8.06. The van der Waals surface area contributed by atoms with Crippen LogP contribution in [0.1, 0.15) is 46.6 Å². The average Bonchev–Trinajstić information content (AvgIpc) is 2.52. The van der Waals surface area contributed by atoms with Gasteiger partial charge in [0.1, 0.15) is 11.4 Å². The lowest BCUT2D eigenvalue weighted by atomic mass is 9.99. The molecule has 0 aliphatic rings. The Bertz CT molecular complexity index is 569. The van der Waals surface area contributed by atoms with Crippen molar-refractivity contribution in [1.29, 1.82) is 0 Å². The molecule has 0 saturated heterocycles. The van der Waals surface area contributed by atoms with E-state index in [-0.39, 0.29) is 6.54 Å². The van der Waals surface area contributed by atoms with Gasteiger partial charge in [-0.25, -0.2) is 4.79 Å². The van der Waals surface area contributed by atoms with Gasteiger partial charge >= 0.3 is 6.09 Å². The second-order valence-corrected chi connectivity index (χ2v) is 8.07. The molecule has 1 unspecified atom stereocenters. The number of nitrogens with two attached hydrogens (primary N) is 1. The third-order valence-corrected chi connectivity index (χ3v) is 3.80. The van der Waals surface area contributed by atoms with Gasteiger partial charge in [-0.15, -0.1) is 0 Å². The molecule has 2 atom stereocenters. The van der Waals surface area contributed by atoms with Crippen molar-refractivity contribution >= 4 is 6.09 Å². The lowest BCUT2D eigenvalue weighted by molar-refractivity contribution is 0.00914. The number of aliphatic hydroxyl groups excluding tert-OH is 1. The van der Waals surface area contributed by atoms with E-state index >= 15 is 0 Å². The van der Waals surface area contributed by atoms with Gasteiger partial charge in [0.2, 0.25) is 0 Å². The van der Waals surface area contributed by atoms with Crippen LogP contribution in [0, 0.1) is 5.92 Å². The second kappa shape index (κ2) is 9.78. The number of ether oxygens (including phenoxy) is 2. The minimum Gasteiger partial charge on any atom is -0.497 e. The van der Waals surface area contributed by atoms with Gasteiger partial charge in [0.05, 0.1) is 19.8 Å². The minimum absolute atomic E-state index is 0.111. The van der Waals surface area contributed by atoms with Gasteiger partial charge in [-0.1, -0.05) is 26.0 Å². The third-order valence-electron chi connectivity index (χ3n) is 3.80. The standard InChI is InChI=1S/C20H34N2O4/c1-14(2)10-17(21)18(23)13-22(19(24)26-20(3,4)5)12-15-8-7-9-16(11-15)25-6/h7-9,11,14,17-18,23H,10,12-13,21H2,1-6H3/t17-,18?/m0/s1. The number of hydrogen-bond donors (Lipinski definition) is 2. The summed E-state index contributed by atoms with van der Waals surface area (Å²) in [5, 5.41) is 10.5. The highest BCUT2D eigenvalue weighted by Gasteiger charge is 2.26. The zero-order valence-electron chi connectivity index (χ0n) is 16.9. The zero-order valence-corrected chi connectivity index (χ0v) is 16.9. The number of hydrogen-bond acceptors (Lipinski definition) is 5. The van der Waals surface area contributed by atoms with Crippen LogP contribution >= 0.6 is 0 Å². The molecular weight excluding hydrogens is 332 g/mol. The van der Waals surface area contributed by atoms with Crippen molar-refractivity contribution in [3.05, 3.63) is 29.8 Å². The molecule has 1 amide bonds. The van der Waals surface area contributed by atoms with E-state index in [2.05, 4.69) is 13.8 Å². The van der Waals surface area contributed by atoms with Crippen LogP contribution in [-0.4, -0.2) is 47.5 Å². The summed E-state index contributed by atoms with van der Waals surface area (Å²) < 4.78 is 10.7. The van der Waals surface area contributed by atoms with Gasteiger partial charge in [-0.05, 0) is 50.8 Å². The lowest BCUT2D eigenvalue weighted by Crippen LogP contribution is -2.47. The normalized spacial score (nSPS) is 14.0. The Morgan fingerprint density at radius 1 is 1.31 bits per heavy atom. The average molecular weight is 367 g/mol. The van der Waals surface area contributed by atoms with E-state index in [4.69, 9.17) is 15.2 Å². The summed E-state index contributed by atoms with van der Waals surface area (Å²) in [6.45, 7) is 9.96. The Morgan fingerprint density at radius 2 is 1.96 bits per heavy atom. The Labute approximate surface area is 157 Å². The largest absolute Gasteiger partial charge is 0.497 e. The topological polar surface area (TPSA) is 85.0 Å². The molecule has 0 bridgehead atoms. The summed E-state index contributed by atoms with van der Waals surface area (Å²) >= 11 is 0. The maximum atomic E-state index is 12.6. The van der Waals surface area contributed by atoms with E-state index in [1.165, 1.54) is 4.90 Å². The van der Waals surface area contributed by atoms with Crippen molar-refractivity contribution in [2.75, 3.05) is 13.7 Å². The van der Waals surface area contributed by atoms with Crippen molar-refractivity contribution in [2.45, 2.75) is 65.3 Å². The molecule has 26 heavy (non-hydrogen) atoms. The van der Waals surface area contributed by atoms with Crippen LogP contribution < -0.4 is 10.5 Å². The summed E-state index contributed by atoms with van der Waals surface area (Å²) in [5.74, 6) is 1.08. The first-order valence-electron chi connectivity index (χ1n) is 9.06. The van der Waals surface area contributed by atoms with Crippen molar-refractivity contribution in [3.8, 4) is 5.75 Å². The van der Waals surface area contributed by atoms with Crippen LogP contribution in [0.2, 0.25) is 0 Å². The maximum absolute atomic E-state index is 12.6. The summed E-state index contributed by atoms with van der Waals surface area (Å²) in [6.07, 6.45) is -0.616. The molecule has 1 aromatic carbocycles. The molecule has 1 aromatic rings. The first-order chi connectivity index (χ1) is 12.0. The van der Waals surface area contributed by atoms with Gasteiger partial charge in [-0.2, -0.15) is 0 Å². The Balaban J connectivity index is 2.92. The predicted molar refractivity (Wildman–Crippen MR) is 103 cm³/mol. The predicted octanol–water partition coefficient (Wildman–Crippen LogP) is 3.17.